The lowest BCUT2D eigenvalue weighted by Crippen LogP contribution is -2.62. The van der Waals surface area contributed by atoms with E-state index < -0.39 is 0 Å². The van der Waals surface area contributed by atoms with Gasteiger partial charge in [0, 0.05) is 31.1 Å². The number of fused-ring (bicyclic) bond motifs is 5. The summed E-state index contributed by atoms with van der Waals surface area (Å²) in [6, 6.07) is 6.71. The van der Waals surface area contributed by atoms with Crippen LogP contribution in [0.4, 0.5) is 0 Å². The normalized spacial score (nSPS) is 41.0. The van der Waals surface area contributed by atoms with Gasteiger partial charge in [-0.3, -0.25) is 9.59 Å². The zero-order chi connectivity index (χ0) is 22.8. The van der Waals surface area contributed by atoms with Gasteiger partial charge in [0.1, 0.15) is 0 Å². The van der Waals surface area contributed by atoms with E-state index in [0.29, 0.717) is 30.2 Å². The number of hydrogen-bond donors (Lipinski definition) is 1. The molecule has 5 rings (SSSR count). The van der Waals surface area contributed by atoms with Gasteiger partial charge < -0.3 is 10.2 Å². The summed E-state index contributed by atoms with van der Waals surface area (Å²) in [6.45, 7) is 9.07. The van der Waals surface area contributed by atoms with Crippen LogP contribution in [0, 0.1) is 42.4 Å². The van der Waals surface area contributed by atoms with Crippen molar-refractivity contribution in [2.75, 3.05) is 7.05 Å². The maximum absolute atomic E-state index is 13.2. The molecule has 0 bridgehead atoms. The fourth-order valence-corrected chi connectivity index (χ4v) is 8.62. The van der Waals surface area contributed by atoms with Crippen LogP contribution in [0.2, 0.25) is 0 Å². The number of aryl methyl sites for hydroxylation is 1. The van der Waals surface area contributed by atoms with Crippen LogP contribution in [-0.2, 0) is 4.79 Å². The highest BCUT2D eigenvalue weighted by molar-refractivity contribution is 5.96. The second-order valence-electron chi connectivity index (χ2n) is 11.9. The summed E-state index contributed by atoms with van der Waals surface area (Å²) in [4.78, 5) is 27.7. The SMILES string of the molecule is Cc1cccc(C(=O)NC2CC[C@H]3[C@@H]4CC[C@H]5N(C)C(=O)CC[C@]5(C)[C@H]4CC[C@]23C)c1C. The maximum Gasteiger partial charge on any atom is 0.251 e. The molecule has 1 heterocycles. The van der Waals surface area contributed by atoms with Crippen LogP contribution in [-0.4, -0.2) is 35.8 Å². The van der Waals surface area contributed by atoms with E-state index in [1.807, 2.05) is 19.2 Å². The number of carbonyl (C=O) groups excluding carboxylic acids is 2. The Labute approximate surface area is 193 Å². The largest absolute Gasteiger partial charge is 0.349 e. The Kier molecular flexibility index (Phi) is 5.22. The average molecular weight is 437 g/mol. The number of likely N-dealkylation sites (tertiary alicyclic amines) is 1. The van der Waals surface area contributed by atoms with Crippen LogP contribution in [0.1, 0.15) is 86.7 Å². The molecule has 4 heteroatoms. The first-order chi connectivity index (χ1) is 15.2. The fraction of sp³-hybridized carbons (Fsp3) is 0.714. The second kappa shape index (κ2) is 7.60. The van der Waals surface area contributed by atoms with Crippen LogP contribution >= 0.6 is 0 Å². The van der Waals surface area contributed by atoms with Crippen molar-refractivity contribution in [3.05, 3.63) is 34.9 Å². The molecule has 1 unspecified atom stereocenters. The molecule has 174 valence electrons. The molecule has 2 amide bonds. The summed E-state index contributed by atoms with van der Waals surface area (Å²) < 4.78 is 0. The zero-order valence-electron chi connectivity index (χ0n) is 20.5. The lowest BCUT2D eigenvalue weighted by Gasteiger charge is -2.61. The van der Waals surface area contributed by atoms with Gasteiger partial charge in [-0.05, 0) is 105 Å². The van der Waals surface area contributed by atoms with Gasteiger partial charge in [-0.1, -0.05) is 26.0 Å². The van der Waals surface area contributed by atoms with Crippen LogP contribution in [0.25, 0.3) is 0 Å². The van der Waals surface area contributed by atoms with Gasteiger partial charge in [0.25, 0.3) is 5.91 Å². The molecule has 1 aliphatic heterocycles. The summed E-state index contributed by atoms with van der Waals surface area (Å²) in [6.07, 6.45) is 8.90. The Hall–Kier alpha value is -1.84. The van der Waals surface area contributed by atoms with E-state index in [1.165, 1.54) is 31.2 Å². The number of benzene rings is 1. The van der Waals surface area contributed by atoms with Gasteiger partial charge in [0.05, 0.1) is 0 Å². The predicted octanol–water partition coefficient (Wildman–Crippen LogP) is 5.27. The number of rotatable bonds is 2. The summed E-state index contributed by atoms with van der Waals surface area (Å²) >= 11 is 0. The second-order valence-corrected chi connectivity index (χ2v) is 11.9. The Morgan fingerprint density at radius 1 is 1.00 bits per heavy atom. The van der Waals surface area contributed by atoms with Crippen molar-refractivity contribution in [2.45, 2.75) is 91.1 Å². The first kappa shape index (κ1) is 22.0. The van der Waals surface area contributed by atoms with E-state index in [-0.39, 0.29) is 22.8 Å². The third kappa shape index (κ3) is 3.08. The Morgan fingerprint density at radius 3 is 2.53 bits per heavy atom. The van der Waals surface area contributed by atoms with E-state index in [2.05, 4.69) is 44.0 Å². The molecule has 3 aliphatic carbocycles. The molecule has 4 aliphatic rings. The van der Waals surface area contributed by atoms with Gasteiger partial charge >= 0.3 is 0 Å². The van der Waals surface area contributed by atoms with E-state index in [4.69, 9.17) is 0 Å². The lowest BCUT2D eigenvalue weighted by molar-refractivity contribution is -0.157. The quantitative estimate of drug-likeness (QED) is 0.687. The zero-order valence-corrected chi connectivity index (χ0v) is 20.5. The molecule has 4 nitrogen and oxygen atoms in total. The maximum atomic E-state index is 13.2. The van der Waals surface area contributed by atoms with Crippen LogP contribution in [0.5, 0.6) is 0 Å². The van der Waals surface area contributed by atoms with Crippen molar-refractivity contribution in [1.29, 1.82) is 0 Å². The van der Waals surface area contributed by atoms with E-state index >= 15 is 0 Å². The van der Waals surface area contributed by atoms with Crippen molar-refractivity contribution in [3.8, 4) is 0 Å². The number of nitrogens with one attached hydrogen (secondary N) is 1. The highest BCUT2D eigenvalue weighted by atomic mass is 16.2. The fourth-order valence-electron chi connectivity index (χ4n) is 8.62. The molecule has 1 saturated heterocycles. The number of nitrogens with zero attached hydrogens (tertiary/aromatic N) is 1. The van der Waals surface area contributed by atoms with Crippen molar-refractivity contribution in [3.63, 3.8) is 0 Å². The molecular weight excluding hydrogens is 396 g/mol. The van der Waals surface area contributed by atoms with Gasteiger partial charge in [-0.25, -0.2) is 0 Å². The van der Waals surface area contributed by atoms with Crippen molar-refractivity contribution >= 4 is 11.8 Å². The molecule has 0 spiro atoms. The molecule has 7 atom stereocenters. The number of hydrogen-bond acceptors (Lipinski definition) is 2. The molecule has 1 aromatic rings. The molecular formula is C28H40N2O2. The number of amides is 2. The minimum Gasteiger partial charge on any atom is -0.349 e. The minimum absolute atomic E-state index is 0.100. The third-order valence-corrected chi connectivity index (χ3v) is 10.7. The van der Waals surface area contributed by atoms with E-state index in [1.54, 1.807) is 0 Å². The van der Waals surface area contributed by atoms with Gasteiger partial charge in [-0.2, -0.15) is 0 Å². The number of piperidine rings is 1. The van der Waals surface area contributed by atoms with E-state index in [9.17, 15) is 9.59 Å². The van der Waals surface area contributed by atoms with Gasteiger partial charge in [-0.15, -0.1) is 0 Å². The van der Waals surface area contributed by atoms with E-state index in [0.717, 1.165) is 36.3 Å². The predicted molar refractivity (Wildman–Crippen MR) is 127 cm³/mol. The van der Waals surface area contributed by atoms with Crippen molar-refractivity contribution < 1.29 is 9.59 Å². The lowest BCUT2D eigenvalue weighted by atomic mass is 9.47. The van der Waals surface area contributed by atoms with Crippen molar-refractivity contribution in [2.24, 2.45) is 28.6 Å². The Morgan fingerprint density at radius 2 is 1.75 bits per heavy atom. The van der Waals surface area contributed by atoms with Crippen LogP contribution < -0.4 is 5.32 Å². The molecule has 1 aromatic carbocycles. The molecule has 0 radical (unpaired) electrons. The van der Waals surface area contributed by atoms with Gasteiger partial charge in [0.15, 0.2) is 0 Å². The van der Waals surface area contributed by atoms with Crippen LogP contribution in [0.3, 0.4) is 0 Å². The van der Waals surface area contributed by atoms with Gasteiger partial charge in [0.2, 0.25) is 5.91 Å². The Balaban J connectivity index is 1.36. The standard InChI is InChI=1S/C28H40N2O2/c1-17-7-6-8-19(18(17)2)26(32)29-23-11-10-21-20-9-12-24-28(4,16-14-25(31)30(24)5)22(20)13-15-27(21,23)3/h6-8,20-24H,9-16H2,1-5H3,(H,29,32)/t20-,21-,22-,23?,24+,27-,28+/m0/s1. The topological polar surface area (TPSA) is 49.4 Å². The smallest absolute Gasteiger partial charge is 0.251 e. The first-order valence-corrected chi connectivity index (χ1v) is 12.8. The molecule has 32 heavy (non-hydrogen) atoms. The highest BCUT2D eigenvalue weighted by Gasteiger charge is 2.61. The summed E-state index contributed by atoms with van der Waals surface area (Å²) in [5.74, 6) is 2.57. The third-order valence-electron chi connectivity index (χ3n) is 10.7. The molecule has 1 N–H and O–H groups in total. The molecule has 4 fully saturated rings. The first-order valence-electron chi connectivity index (χ1n) is 12.8. The summed E-state index contributed by atoms with van der Waals surface area (Å²) in [5.41, 5.74) is 3.54. The molecule has 3 saturated carbocycles. The summed E-state index contributed by atoms with van der Waals surface area (Å²) in [5, 5.41) is 3.49. The molecule has 0 aromatic heterocycles. The Bertz CT molecular complexity index is 941. The number of carbonyl (C=O) groups is 2. The van der Waals surface area contributed by atoms with Crippen molar-refractivity contribution in [1.82, 2.24) is 10.2 Å². The monoisotopic (exact) mass is 436 g/mol. The highest BCUT2D eigenvalue weighted by Crippen LogP contribution is 2.64. The van der Waals surface area contributed by atoms with Crippen LogP contribution in [0.15, 0.2) is 18.2 Å². The average Bonchev–Trinajstić information content (AvgIpc) is 3.09. The summed E-state index contributed by atoms with van der Waals surface area (Å²) in [7, 11) is 2.03. The minimum atomic E-state index is 0.100.